The van der Waals surface area contributed by atoms with E-state index >= 15 is 0 Å². The van der Waals surface area contributed by atoms with Gasteiger partial charge in [0.15, 0.2) is 0 Å². The molecule has 1 aromatic heterocycles. The zero-order chi connectivity index (χ0) is 17.6. The molecule has 0 aliphatic rings. The molecule has 0 aliphatic carbocycles. The Labute approximate surface area is 154 Å². The number of imidazole rings is 1. The molecule has 1 heterocycles. The van der Waals surface area contributed by atoms with Crippen LogP contribution in [0.2, 0.25) is 0 Å². The predicted molar refractivity (Wildman–Crippen MR) is 108 cm³/mol. The smallest absolute Gasteiger partial charge is 0.127 e. The summed E-state index contributed by atoms with van der Waals surface area (Å²) in [5.74, 6) is 2.05. The highest BCUT2D eigenvalue weighted by Gasteiger charge is 2.17. The number of nitrogens with two attached hydrogens (primary N) is 1. The molecular formula is C21H25N3S. The van der Waals surface area contributed by atoms with E-state index in [9.17, 15) is 0 Å². The van der Waals surface area contributed by atoms with Gasteiger partial charge in [-0.2, -0.15) is 0 Å². The Hall–Kier alpha value is -2.04. The van der Waals surface area contributed by atoms with Gasteiger partial charge in [-0.05, 0) is 42.4 Å². The highest BCUT2D eigenvalue weighted by Crippen LogP contribution is 2.27. The van der Waals surface area contributed by atoms with Crippen LogP contribution in [-0.2, 0) is 13.0 Å². The lowest BCUT2D eigenvalue weighted by Crippen LogP contribution is -2.19. The van der Waals surface area contributed by atoms with Crippen molar-refractivity contribution in [2.45, 2.75) is 37.2 Å². The monoisotopic (exact) mass is 351 g/mol. The lowest BCUT2D eigenvalue weighted by molar-refractivity contribution is 0.623. The summed E-state index contributed by atoms with van der Waals surface area (Å²) in [6.45, 7) is 6.81. The minimum Gasteiger partial charge on any atom is -0.323 e. The van der Waals surface area contributed by atoms with Crippen molar-refractivity contribution < 1.29 is 0 Å². The molecule has 0 radical (unpaired) electrons. The lowest BCUT2D eigenvalue weighted by atomic mass is 10.1. The molecule has 0 bridgehead atoms. The predicted octanol–water partition coefficient (Wildman–Crippen LogP) is 4.97. The van der Waals surface area contributed by atoms with Crippen molar-refractivity contribution in [2.24, 2.45) is 5.73 Å². The van der Waals surface area contributed by atoms with E-state index in [2.05, 4.69) is 48.4 Å². The molecule has 3 rings (SSSR count). The van der Waals surface area contributed by atoms with E-state index in [1.54, 1.807) is 0 Å². The van der Waals surface area contributed by atoms with E-state index in [1.165, 1.54) is 16.9 Å². The molecule has 0 aliphatic heterocycles. The van der Waals surface area contributed by atoms with Gasteiger partial charge in [-0.25, -0.2) is 4.98 Å². The average molecular weight is 352 g/mol. The SMILES string of the molecule is C=CCn1c(C(N)Cc2ccccc2)nc2cc(SCCC)ccc21. The van der Waals surface area contributed by atoms with Crippen molar-refractivity contribution >= 4 is 22.8 Å². The molecule has 2 aromatic carbocycles. The third-order valence-electron chi connectivity index (χ3n) is 4.16. The molecule has 2 N–H and O–H groups in total. The molecule has 3 nitrogen and oxygen atoms in total. The Kier molecular flexibility index (Phi) is 5.95. The summed E-state index contributed by atoms with van der Waals surface area (Å²) in [7, 11) is 0. The van der Waals surface area contributed by atoms with Gasteiger partial charge in [-0.1, -0.05) is 43.3 Å². The van der Waals surface area contributed by atoms with E-state index in [-0.39, 0.29) is 6.04 Å². The summed E-state index contributed by atoms with van der Waals surface area (Å²) in [6, 6.07) is 16.7. The van der Waals surface area contributed by atoms with E-state index in [0.717, 1.165) is 35.6 Å². The van der Waals surface area contributed by atoms with Crippen molar-refractivity contribution in [3.8, 4) is 0 Å². The first-order valence-electron chi connectivity index (χ1n) is 8.76. The third kappa shape index (κ3) is 4.14. The first kappa shape index (κ1) is 17.8. The van der Waals surface area contributed by atoms with Gasteiger partial charge in [0.1, 0.15) is 5.82 Å². The van der Waals surface area contributed by atoms with Crippen LogP contribution in [0.1, 0.15) is 30.8 Å². The number of rotatable bonds is 8. The van der Waals surface area contributed by atoms with Crippen LogP contribution < -0.4 is 5.73 Å². The van der Waals surface area contributed by atoms with Crippen molar-refractivity contribution in [2.75, 3.05) is 5.75 Å². The van der Waals surface area contributed by atoms with Crippen molar-refractivity contribution in [3.05, 3.63) is 72.6 Å². The molecule has 0 saturated heterocycles. The third-order valence-corrected chi connectivity index (χ3v) is 5.36. The maximum absolute atomic E-state index is 6.52. The second-order valence-electron chi connectivity index (χ2n) is 6.16. The Morgan fingerprint density at radius 3 is 2.76 bits per heavy atom. The zero-order valence-corrected chi connectivity index (χ0v) is 15.5. The Morgan fingerprint density at radius 1 is 1.24 bits per heavy atom. The summed E-state index contributed by atoms with van der Waals surface area (Å²) < 4.78 is 2.18. The zero-order valence-electron chi connectivity index (χ0n) is 14.7. The first-order valence-corrected chi connectivity index (χ1v) is 9.75. The topological polar surface area (TPSA) is 43.8 Å². The average Bonchev–Trinajstić information content (AvgIpc) is 2.99. The number of benzene rings is 2. The number of allylic oxidation sites excluding steroid dienone is 1. The van der Waals surface area contributed by atoms with Gasteiger partial charge in [0.2, 0.25) is 0 Å². The lowest BCUT2D eigenvalue weighted by Gasteiger charge is -2.13. The van der Waals surface area contributed by atoms with E-state index in [4.69, 9.17) is 10.7 Å². The number of aromatic nitrogens is 2. The fraction of sp³-hybridized carbons (Fsp3) is 0.286. The number of fused-ring (bicyclic) bond motifs is 1. The number of thioether (sulfide) groups is 1. The Morgan fingerprint density at radius 2 is 2.04 bits per heavy atom. The molecule has 0 spiro atoms. The van der Waals surface area contributed by atoms with Gasteiger partial charge in [0.25, 0.3) is 0 Å². The molecule has 0 amide bonds. The fourth-order valence-corrected chi connectivity index (χ4v) is 3.80. The number of nitrogens with zero attached hydrogens (tertiary/aromatic N) is 2. The Bertz CT molecular complexity index is 839. The maximum atomic E-state index is 6.52. The number of hydrogen-bond acceptors (Lipinski definition) is 3. The van der Waals surface area contributed by atoms with Crippen LogP contribution in [0.3, 0.4) is 0 Å². The summed E-state index contributed by atoms with van der Waals surface area (Å²) in [4.78, 5) is 6.14. The van der Waals surface area contributed by atoms with Gasteiger partial charge < -0.3 is 10.3 Å². The van der Waals surface area contributed by atoms with Crippen LogP contribution >= 0.6 is 11.8 Å². The molecule has 130 valence electrons. The quantitative estimate of drug-likeness (QED) is 0.460. The molecular weight excluding hydrogens is 326 g/mol. The van der Waals surface area contributed by atoms with Crippen LogP contribution in [0.15, 0.2) is 66.1 Å². The molecule has 0 fully saturated rings. The van der Waals surface area contributed by atoms with Crippen LogP contribution in [0.25, 0.3) is 11.0 Å². The van der Waals surface area contributed by atoms with Crippen molar-refractivity contribution in [3.63, 3.8) is 0 Å². The van der Waals surface area contributed by atoms with Gasteiger partial charge in [-0.15, -0.1) is 18.3 Å². The first-order chi connectivity index (χ1) is 12.2. The molecule has 3 aromatic rings. The summed E-state index contributed by atoms with van der Waals surface area (Å²) in [5.41, 5.74) is 9.89. The highest BCUT2D eigenvalue weighted by molar-refractivity contribution is 7.99. The van der Waals surface area contributed by atoms with Crippen molar-refractivity contribution in [1.82, 2.24) is 9.55 Å². The maximum Gasteiger partial charge on any atom is 0.127 e. The molecule has 4 heteroatoms. The largest absolute Gasteiger partial charge is 0.323 e. The standard InChI is InChI=1S/C21H25N3S/c1-3-12-24-20-11-10-17(25-13-4-2)15-19(20)23-21(24)18(22)14-16-8-6-5-7-9-16/h3,5-11,15,18H,1,4,12-14,22H2,2H3. The van der Waals surface area contributed by atoms with E-state index < -0.39 is 0 Å². The van der Waals surface area contributed by atoms with Crippen LogP contribution in [0.4, 0.5) is 0 Å². The van der Waals surface area contributed by atoms with Crippen LogP contribution in [-0.4, -0.2) is 15.3 Å². The van der Waals surface area contributed by atoms with Crippen molar-refractivity contribution in [1.29, 1.82) is 0 Å². The second-order valence-corrected chi connectivity index (χ2v) is 7.33. The van der Waals surface area contributed by atoms with Crippen LogP contribution in [0.5, 0.6) is 0 Å². The minimum absolute atomic E-state index is 0.138. The van der Waals surface area contributed by atoms with Gasteiger partial charge in [0, 0.05) is 11.4 Å². The van der Waals surface area contributed by atoms with Gasteiger partial charge in [0.05, 0.1) is 17.1 Å². The summed E-state index contributed by atoms with van der Waals surface area (Å²) in [5, 5.41) is 0. The fourth-order valence-electron chi connectivity index (χ4n) is 3.00. The Balaban J connectivity index is 1.94. The van der Waals surface area contributed by atoms with E-state index in [0.29, 0.717) is 0 Å². The second kappa shape index (κ2) is 8.37. The number of hydrogen-bond donors (Lipinski definition) is 1. The van der Waals surface area contributed by atoms with Gasteiger partial charge >= 0.3 is 0 Å². The molecule has 1 atom stereocenters. The summed E-state index contributed by atoms with van der Waals surface area (Å²) >= 11 is 1.87. The van der Waals surface area contributed by atoms with Crippen LogP contribution in [0, 0.1) is 0 Å². The minimum atomic E-state index is -0.138. The molecule has 0 saturated carbocycles. The molecule has 25 heavy (non-hydrogen) atoms. The van der Waals surface area contributed by atoms with E-state index in [1.807, 2.05) is 36.0 Å². The normalized spacial score (nSPS) is 12.4. The highest BCUT2D eigenvalue weighted by atomic mass is 32.2. The summed E-state index contributed by atoms with van der Waals surface area (Å²) in [6.07, 6.45) is 3.85. The molecule has 1 unspecified atom stereocenters. The van der Waals surface area contributed by atoms with Gasteiger partial charge in [-0.3, -0.25) is 0 Å².